The Morgan fingerprint density at radius 3 is 2.57 bits per heavy atom. The van der Waals surface area contributed by atoms with Crippen LogP contribution in [-0.4, -0.2) is 54.2 Å². The predicted molar refractivity (Wildman–Crippen MR) is 91.3 cm³/mol. The van der Waals surface area contributed by atoms with Crippen LogP contribution in [0.4, 0.5) is 4.79 Å². The van der Waals surface area contributed by atoms with Crippen molar-refractivity contribution >= 4 is 12.0 Å². The summed E-state index contributed by atoms with van der Waals surface area (Å²) in [6, 6.07) is 0.349. The molecule has 1 saturated heterocycles. The van der Waals surface area contributed by atoms with Crippen molar-refractivity contribution in [2.24, 2.45) is 0 Å². The normalized spacial score (nSPS) is 18.0. The Bertz CT molecular complexity index is 393. The third-order valence-electron chi connectivity index (χ3n) is 3.74. The number of carbonyl (C=O) groups is 2. The van der Waals surface area contributed by atoms with Crippen molar-refractivity contribution in [3.8, 4) is 0 Å². The number of nitrogens with zero attached hydrogens (tertiary/aromatic N) is 1. The van der Waals surface area contributed by atoms with E-state index in [4.69, 9.17) is 4.74 Å². The maximum Gasteiger partial charge on any atom is 0.407 e. The molecule has 1 fully saturated rings. The van der Waals surface area contributed by atoms with Crippen molar-refractivity contribution in [1.82, 2.24) is 15.5 Å². The highest BCUT2D eigenvalue weighted by molar-refractivity contribution is 5.77. The maximum atomic E-state index is 11.7. The number of ether oxygens (including phenoxy) is 1. The Labute approximate surface area is 140 Å². The molecular weight excluding hydrogens is 294 g/mol. The molecule has 0 unspecified atom stereocenters. The summed E-state index contributed by atoms with van der Waals surface area (Å²) in [5, 5.41) is 6.30. The third-order valence-corrected chi connectivity index (χ3v) is 3.74. The Balaban J connectivity index is 2.11. The summed E-state index contributed by atoms with van der Waals surface area (Å²) in [7, 11) is 0. The summed E-state index contributed by atoms with van der Waals surface area (Å²) < 4.78 is 5.25. The average molecular weight is 327 g/mol. The zero-order valence-electron chi connectivity index (χ0n) is 15.3. The Morgan fingerprint density at radius 2 is 2.00 bits per heavy atom. The summed E-state index contributed by atoms with van der Waals surface area (Å²) in [5.74, 6) is 0.285. The first-order valence-corrected chi connectivity index (χ1v) is 8.68. The van der Waals surface area contributed by atoms with Crippen molar-refractivity contribution in [3.63, 3.8) is 0 Å². The summed E-state index contributed by atoms with van der Waals surface area (Å²) in [4.78, 5) is 25.1. The highest BCUT2D eigenvalue weighted by Crippen LogP contribution is 2.10. The number of likely N-dealkylation sites (tertiary alicyclic amines) is 1. The highest BCUT2D eigenvalue weighted by atomic mass is 16.6. The maximum absolute atomic E-state index is 11.7. The number of nitrogens with one attached hydrogen (secondary N) is 2. The highest BCUT2D eigenvalue weighted by Gasteiger charge is 2.20. The van der Waals surface area contributed by atoms with Crippen LogP contribution in [0.25, 0.3) is 0 Å². The van der Waals surface area contributed by atoms with E-state index in [-0.39, 0.29) is 18.0 Å². The van der Waals surface area contributed by atoms with Gasteiger partial charge in [-0.15, -0.1) is 0 Å². The molecule has 6 nitrogen and oxygen atoms in total. The quantitative estimate of drug-likeness (QED) is 0.671. The molecule has 2 atom stereocenters. The van der Waals surface area contributed by atoms with E-state index in [1.807, 2.05) is 32.6 Å². The van der Waals surface area contributed by atoms with Gasteiger partial charge in [0.05, 0.1) is 0 Å². The lowest BCUT2D eigenvalue weighted by Gasteiger charge is -2.24. The van der Waals surface area contributed by atoms with E-state index in [0.29, 0.717) is 12.5 Å². The molecule has 23 heavy (non-hydrogen) atoms. The van der Waals surface area contributed by atoms with Crippen LogP contribution in [0.3, 0.4) is 0 Å². The van der Waals surface area contributed by atoms with Gasteiger partial charge in [-0.3, -0.25) is 4.79 Å². The molecule has 6 heteroatoms. The van der Waals surface area contributed by atoms with Crippen LogP contribution in [-0.2, 0) is 9.53 Å². The topological polar surface area (TPSA) is 70.7 Å². The number of rotatable bonds is 8. The minimum atomic E-state index is -0.472. The Morgan fingerprint density at radius 1 is 1.30 bits per heavy atom. The zero-order chi connectivity index (χ0) is 17.5. The van der Waals surface area contributed by atoms with E-state index in [9.17, 15) is 9.59 Å². The first-order valence-electron chi connectivity index (χ1n) is 8.68. The van der Waals surface area contributed by atoms with Crippen LogP contribution in [0.15, 0.2) is 0 Å². The number of alkyl carbamates (subject to hydrolysis) is 1. The van der Waals surface area contributed by atoms with Gasteiger partial charge < -0.3 is 20.3 Å². The predicted octanol–water partition coefficient (Wildman–Crippen LogP) is 2.28. The van der Waals surface area contributed by atoms with Crippen molar-refractivity contribution in [2.75, 3.05) is 19.6 Å². The summed E-state index contributed by atoms with van der Waals surface area (Å²) in [6.07, 6.45) is 3.13. The second kappa shape index (κ2) is 9.11. The first-order chi connectivity index (χ1) is 10.7. The van der Waals surface area contributed by atoms with Gasteiger partial charge in [0.25, 0.3) is 0 Å². The van der Waals surface area contributed by atoms with Crippen LogP contribution in [0.1, 0.15) is 60.3 Å². The molecule has 0 saturated carbocycles. The molecule has 1 aliphatic heterocycles. The van der Waals surface area contributed by atoms with Crippen LogP contribution in [0.2, 0.25) is 0 Å². The van der Waals surface area contributed by atoms with E-state index in [1.165, 1.54) is 0 Å². The number of hydrogen-bond acceptors (Lipinski definition) is 4. The third kappa shape index (κ3) is 8.79. The molecule has 0 bridgehead atoms. The van der Waals surface area contributed by atoms with Gasteiger partial charge in [-0.05, 0) is 60.4 Å². The Kier molecular flexibility index (Phi) is 7.82. The van der Waals surface area contributed by atoms with Crippen molar-refractivity contribution < 1.29 is 14.3 Å². The fraction of sp³-hybridized carbons (Fsp3) is 0.882. The van der Waals surface area contributed by atoms with Gasteiger partial charge in [-0.1, -0.05) is 0 Å². The number of hydrogen-bond donors (Lipinski definition) is 2. The fourth-order valence-corrected chi connectivity index (χ4v) is 2.74. The second-order valence-electron chi connectivity index (χ2n) is 7.48. The molecule has 2 amide bonds. The zero-order valence-corrected chi connectivity index (χ0v) is 15.3. The average Bonchev–Trinajstić information content (AvgIpc) is 2.77. The van der Waals surface area contributed by atoms with Gasteiger partial charge in [0, 0.05) is 31.6 Å². The number of carbonyl (C=O) groups excluding carboxylic acids is 2. The van der Waals surface area contributed by atoms with E-state index in [2.05, 4.69) is 17.6 Å². The minimum absolute atomic E-state index is 0.0486. The van der Waals surface area contributed by atoms with Gasteiger partial charge in [-0.2, -0.15) is 0 Å². The molecule has 0 aliphatic carbocycles. The molecular formula is C17H33N3O3. The SMILES string of the molecule is C[C@H](C[C@H](C)NCCCN1CCCC1=O)NC(=O)OC(C)(C)C. The van der Waals surface area contributed by atoms with E-state index >= 15 is 0 Å². The van der Waals surface area contributed by atoms with Crippen LogP contribution in [0.5, 0.6) is 0 Å². The van der Waals surface area contributed by atoms with Crippen LogP contribution < -0.4 is 10.6 Å². The molecule has 0 aromatic rings. The van der Waals surface area contributed by atoms with Gasteiger partial charge in [0.2, 0.25) is 5.91 Å². The van der Waals surface area contributed by atoms with E-state index in [0.717, 1.165) is 38.9 Å². The monoisotopic (exact) mass is 327 g/mol. The Hall–Kier alpha value is -1.30. The fourth-order valence-electron chi connectivity index (χ4n) is 2.74. The van der Waals surface area contributed by atoms with Crippen LogP contribution >= 0.6 is 0 Å². The molecule has 2 N–H and O–H groups in total. The molecule has 0 spiro atoms. The molecule has 0 aromatic carbocycles. The van der Waals surface area contributed by atoms with Crippen molar-refractivity contribution in [3.05, 3.63) is 0 Å². The minimum Gasteiger partial charge on any atom is -0.444 e. The molecule has 1 rings (SSSR count). The summed E-state index contributed by atoms with van der Waals surface area (Å²) in [5.41, 5.74) is -0.472. The van der Waals surface area contributed by atoms with Crippen LogP contribution in [0, 0.1) is 0 Å². The molecule has 134 valence electrons. The van der Waals surface area contributed by atoms with Gasteiger partial charge in [-0.25, -0.2) is 4.79 Å². The molecule has 1 aliphatic rings. The van der Waals surface area contributed by atoms with Crippen molar-refractivity contribution in [1.29, 1.82) is 0 Å². The molecule has 0 radical (unpaired) electrons. The summed E-state index contributed by atoms with van der Waals surface area (Å²) >= 11 is 0. The number of amides is 2. The second-order valence-corrected chi connectivity index (χ2v) is 7.48. The lowest BCUT2D eigenvalue weighted by atomic mass is 10.1. The van der Waals surface area contributed by atoms with E-state index in [1.54, 1.807) is 0 Å². The lowest BCUT2D eigenvalue weighted by molar-refractivity contribution is -0.127. The standard InChI is InChI=1S/C17H33N3O3/c1-13(12-14(2)19-16(22)23-17(3,4)5)18-9-7-11-20-10-6-8-15(20)21/h13-14,18H,6-12H2,1-5H3,(H,19,22)/t13-,14+/m0/s1. The first kappa shape index (κ1) is 19.7. The van der Waals surface area contributed by atoms with Gasteiger partial charge in [0.1, 0.15) is 5.60 Å². The van der Waals surface area contributed by atoms with Gasteiger partial charge in [0.15, 0.2) is 0 Å². The molecule has 0 aromatic heterocycles. The largest absolute Gasteiger partial charge is 0.444 e. The van der Waals surface area contributed by atoms with Gasteiger partial charge >= 0.3 is 6.09 Å². The smallest absolute Gasteiger partial charge is 0.407 e. The molecule has 1 heterocycles. The lowest BCUT2D eigenvalue weighted by Crippen LogP contribution is -2.41. The van der Waals surface area contributed by atoms with Crippen molar-refractivity contribution in [2.45, 2.75) is 78.0 Å². The summed E-state index contributed by atoms with van der Waals surface area (Å²) in [6.45, 7) is 12.3. The van der Waals surface area contributed by atoms with E-state index < -0.39 is 5.60 Å².